The van der Waals surface area contributed by atoms with E-state index < -0.39 is 0 Å². The van der Waals surface area contributed by atoms with Gasteiger partial charge in [0.25, 0.3) is 5.56 Å². The first-order chi connectivity index (χ1) is 16.0. The van der Waals surface area contributed by atoms with Gasteiger partial charge in [-0.25, -0.2) is 0 Å². The highest BCUT2D eigenvalue weighted by Gasteiger charge is 2.26. The highest BCUT2D eigenvalue weighted by molar-refractivity contribution is 6.30. The predicted molar refractivity (Wildman–Crippen MR) is 132 cm³/mol. The first-order valence-corrected chi connectivity index (χ1v) is 11.8. The molecule has 0 bridgehead atoms. The lowest BCUT2D eigenvalue weighted by atomic mass is 9.95. The summed E-state index contributed by atoms with van der Waals surface area (Å²) in [5.74, 6) is 0.857. The van der Waals surface area contributed by atoms with Gasteiger partial charge >= 0.3 is 0 Å². The molecule has 4 rings (SSSR count). The number of rotatable bonds is 7. The van der Waals surface area contributed by atoms with Crippen molar-refractivity contribution in [1.82, 2.24) is 15.1 Å². The first kappa shape index (κ1) is 23.1. The zero-order chi connectivity index (χ0) is 23.2. The Kier molecular flexibility index (Phi) is 7.45. The van der Waals surface area contributed by atoms with Crippen LogP contribution in [0.1, 0.15) is 31.7 Å². The summed E-state index contributed by atoms with van der Waals surface area (Å²) >= 11 is 6.08. The quantitative estimate of drug-likeness (QED) is 0.568. The highest BCUT2D eigenvalue weighted by atomic mass is 35.5. The van der Waals surface area contributed by atoms with Crippen molar-refractivity contribution < 1.29 is 4.79 Å². The summed E-state index contributed by atoms with van der Waals surface area (Å²) in [7, 11) is 0. The summed E-state index contributed by atoms with van der Waals surface area (Å²) in [6.07, 6.45) is 3.39. The number of carbonyl (C=O) groups is 1. The van der Waals surface area contributed by atoms with Gasteiger partial charge in [-0.3, -0.25) is 9.59 Å². The van der Waals surface area contributed by atoms with Crippen molar-refractivity contribution in [2.75, 3.05) is 18.0 Å². The number of hydrogen-bond acceptors (Lipinski definition) is 4. The Balaban J connectivity index is 1.32. The Bertz CT molecular complexity index is 1140. The van der Waals surface area contributed by atoms with Crippen LogP contribution in [0.5, 0.6) is 0 Å². The van der Waals surface area contributed by atoms with E-state index in [-0.39, 0.29) is 23.4 Å². The molecule has 1 aliphatic heterocycles. The van der Waals surface area contributed by atoms with Gasteiger partial charge in [-0.05, 0) is 62.4 Å². The van der Waals surface area contributed by atoms with Crippen LogP contribution in [0.2, 0.25) is 5.02 Å². The van der Waals surface area contributed by atoms with Crippen LogP contribution in [-0.2, 0) is 11.2 Å². The maximum atomic E-state index is 12.8. The molecule has 0 spiro atoms. The molecule has 1 atom stereocenters. The molecule has 1 aromatic heterocycles. The van der Waals surface area contributed by atoms with E-state index in [0.717, 1.165) is 44.6 Å². The first-order valence-electron chi connectivity index (χ1n) is 11.4. The molecule has 1 amide bonds. The summed E-state index contributed by atoms with van der Waals surface area (Å²) in [6.45, 7) is 3.51. The molecule has 2 heterocycles. The number of aryl methyl sites for hydroxylation is 1. The zero-order valence-corrected chi connectivity index (χ0v) is 19.5. The average molecular weight is 465 g/mol. The number of aromatic nitrogens is 2. The van der Waals surface area contributed by atoms with E-state index in [1.165, 1.54) is 16.3 Å². The van der Waals surface area contributed by atoms with Crippen molar-refractivity contribution in [1.29, 1.82) is 0 Å². The number of carbonyl (C=O) groups excluding carboxylic acids is 1. The molecule has 0 aliphatic carbocycles. The molecule has 1 saturated heterocycles. The van der Waals surface area contributed by atoms with E-state index in [0.29, 0.717) is 10.7 Å². The van der Waals surface area contributed by atoms with Crippen LogP contribution < -0.4 is 15.8 Å². The minimum absolute atomic E-state index is 0.000685. The number of hydrogen-bond donors (Lipinski definition) is 1. The largest absolute Gasteiger partial charge is 0.355 e. The highest BCUT2D eigenvalue weighted by Crippen LogP contribution is 2.22. The SMILES string of the molecule is CC(CCc1ccccc1)NC(=O)C1CCN(c2ccc(=O)n(-c3cccc(Cl)c3)n2)CC1. The fourth-order valence-electron chi connectivity index (χ4n) is 4.19. The van der Waals surface area contributed by atoms with E-state index in [2.05, 4.69) is 34.4 Å². The van der Waals surface area contributed by atoms with Crippen molar-refractivity contribution in [3.8, 4) is 5.69 Å². The minimum Gasteiger partial charge on any atom is -0.355 e. The number of benzene rings is 2. The number of nitrogens with one attached hydrogen (secondary N) is 1. The maximum absolute atomic E-state index is 12.8. The Hall–Kier alpha value is -3.12. The van der Waals surface area contributed by atoms with Crippen LogP contribution in [0, 0.1) is 5.92 Å². The van der Waals surface area contributed by atoms with Gasteiger partial charge in [0, 0.05) is 36.1 Å². The van der Waals surface area contributed by atoms with Gasteiger partial charge in [-0.1, -0.05) is 48.0 Å². The Morgan fingerprint density at radius 1 is 1.09 bits per heavy atom. The zero-order valence-electron chi connectivity index (χ0n) is 18.8. The number of halogens is 1. The monoisotopic (exact) mass is 464 g/mol. The lowest BCUT2D eigenvalue weighted by Gasteiger charge is -2.32. The van der Waals surface area contributed by atoms with Gasteiger partial charge < -0.3 is 10.2 Å². The average Bonchev–Trinajstić information content (AvgIpc) is 2.84. The maximum Gasteiger partial charge on any atom is 0.271 e. The molecular weight excluding hydrogens is 436 g/mol. The normalized spacial score (nSPS) is 15.3. The third-order valence-electron chi connectivity index (χ3n) is 6.13. The molecule has 1 aliphatic rings. The molecule has 2 aromatic carbocycles. The van der Waals surface area contributed by atoms with Gasteiger partial charge in [0.15, 0.2) is 0 Å². The topological polar surface area (TPSA) is 67.2 Å². The van der Waals surface area contributed by atoms with Gasteiger partial charge in [0.1, 0.15) is 5.82 Å². The Morgan fingerprint density at radius 2 is 1.85 bits per heavy atom. The van der Waals surface area contributed by atoms with Crippen LogP contribution in [0.3, 0.4) is 0 Å². The van der Waals surface area contributed by atoms with Crippen LogP contribution in [-0.4, -0.2) is 34.8 Å². The van der Waals surface area contributed by atoms with Crippen LogP contribution in [0.25, 0.3) is 5.69 Å². The molecule has 1 N–H and O–H groups in total. The van der Waals surface area contributed by atoms with Crippen molar-refractivity contribution in [3.05, 3.63) is 87.7 Å². The summed E-state index contributed by atoms with van der Waals surface area (Å²) in [6, 6.07) is 20.8. The summed E-state index contributed by atoms with van der Waals surface area (Å²) < 4.78 is 1.37. The van der Waals surface area contributed by atoms with Crippen LogP contribution >= 0.6 is 11.6 Å². The number of anilines is 1. The van der Waals surface area contributed by atoms with E-state index in [1.807, 2.05) is 18.2 Å². The molecule has 172 valence electrons. The van der Waals surface area contributed by atoms with E-state index in [1.54, 1.807) is 30.3 Å². The Labute approximate surface area is 199 Å². The number of piperidine rings is 1. The molecule has 0 saturated carbocycles. The van der Waals surface area contributed by atoms with E-state index in [9.17, 15) is 9.59 Å². The number of amides is 1. The fourth-order valence-corrected chi connectivity index (χ4v) is 4.38. The smallest absolute Gasteiger partial charge is 0.271 e. The summed E-state index contributed by atoms with van der Waals surface area (Å²) in [4.78, 5) is 27.2. The summed E-state index contributed by atoms with van der Waals surface area (Å²) in [5, 5.41) is 8.29. The summed E-state index contributed by atoms with van der Waals surface area (Å²) in [5.41, 5.74) is 1.71. The van der Waals surface area contributed by atoms with E-state index in [4.69, 9.17) is 11.6 Å². The minimum atomic E-state index is -0.209. The standard InChI is InChI=1S/C26H29ClN4O2/c1-19(10-11-20-6-3-2-4-7-20)28-26(33)21-14-16-30(17-15-21)24-12-13-25(32)31(29-24)23-9-5-8-22(27)18-23/h2-9,12-13,18-19,21H,10-11,14-17H2,1H3,(H,28,33). The molecular formula is C26H29ClN4O2. The predicted octanol–water partition coefficient (Wildman–Crippen LogP) is 4.24. The van der Waals surface area contributed by atoms with Gasteiger partial charge in [-0.2, -0.15) is 4.68 Å². The van der Waals surface area contributed by atoms with Crippen LogP contribution in [0.15, 0.2) is 71.5 Å². The molecule has 3 aromatic rings. The van der Waals surface area contributed by atoms with Crippen LogP contribution in [0.4, 0.5) is 5.82 Å². The van der Waals surface area contributed by atoms with Gasteiger partial charge in [0.2, 0.25) is 5.91 Å². The third-order valence-corrected chi connectivity index (χ3v) is 6.36. The molecule has 1 fully saturated rings. The molecule has 6 nitrogen and oxygen atoms in total. The number of nitrogens with zero attached hydrogens (tertiary/aromatic N) is 3. The molecule has 7 heteroatoms. The second-order valence-corrected chi connectivity index (χ2v) is 9.05. The second-order valence-electron chi connectivity index (χ2n) is 8.62. The van der Waals surface area contributed by atoms with Crippen molar-refractivity contribution in [2.24, 2.45) is 5.92 Å². The van der Waals surface area contributed by atoms with Gasteiger partial charge in [-0.15, -0.1) is 5.10 Å². The van der Waals surface area contributed by atoms with Crippen molar-refractivity contribution in [2.45, 2.75) is 38.6 Å². The fraction of sp³-hybridized carbons (Fsp3) is 0.346. The molecule has 1 unspecified atom stereocenters. The third kappa shape index (κ3) is 6.02. The lowest BCUT2D eigenvalue weighted by molar-refractivity contribution is -0.126. The Morgan fingerprint density at radius 3 is 2.58 bits per heavy atom. The molecule has 0 radical (unpaired) electrons. The lowest BCUT2D eigenvalue weighted by Crippen LogP contribution is -2.43. The van der Waals surface area contributed by atoms with Crippen molar-refractivity contribution in [3.63, 3.8) is 0 Å². The second kappa shape index (κ2) is 10.7. The van der Waals surface area contributed by atoms with Gasteiger partial charge in [0.05, 0.1) is 5.69 Å². The molecule has 33 heavy (non-hydrogen) atoms. The van der Waals surface area contributed by atoms with E-state index >= 15 is 0 Å². The van der Waals surface area contributed by atoms with Crippen molar-refractivity contribution >= 4 is 23.3 Å².